The minimum Gasteiger partial charge on any atom is -0.457 e. The summed E-state index contributed by atoms with van der Waals surface area (Å²) >= 11 is 0. The molecule has 0 aliphatic rings. The summed E-state index contributed by atoms with van der Waals surface area (Å²) in [6.07, 6.45) is 0. The first-order chi connectivity index (χ1) is 6.86. The largest absolute Gasteiger partial charge is 0.457 e. The van der Waals surface area contributed by atoms with Crippen LogP contribution in [0.15, 0.2) is 48.5 Å². The van der Waals surface area contributed by atoms with Gasteiger partial charge in [0.1, 0.15) is 11.5 Å². The van der Waals surface area contributed by atoms with Gasteiger partial charge in [-0.15, -0.1) is 0 Å². The predicted octanol–water partition coefficient (Wildman–Crippen LogP) is 3.59. The fourth-order valence-corrected chi connectivity index (χ4v) is 1.24. The van der Waals surface area contributed by atoms with Crippen LogP contribution >= 0.6 is 0 Å². The van der Waals surface area contributed by atoms with Gasteiger partial charge >= 0.3 is 0 Å². The Bertz CT molecular complexity index is 407. The summed E-state index contributed by atoms with van der Waals surface area (Å²) in [5.41, 5.74) is 1.14. The summed E-state index contributed by atoms with van der Waals surface area (Å²) < 4.78 is 5.69. The van der Waals surface area contributed by atoms with Gasteiger partial charge in [0.2, 0.25) is 0 Å². The van der Waals surface area contributed by atoms with Crippen LogP contribution in [0.5, 0.6) is 11.5 Å². The van der Waals surface area contributed by atoms with E-state index < -0.39 is 0 Å². The molecule has 0 aliphatic heterocycles. The van der Waals surface area contributed by atoms with E-state index in [0.717, 1.165) is 17.1 Å². The third-order valence-corrected chi connectivity index (χ3v) is 2.01. The Morgan fingerprint density at radius 2 is 1.71 bits per heavy atom. The van der Waals surface area contributed by atoms with Crippen molar-refractivity contribution in [3.63, 3.8) is 0 Å². The molecule has 69 valence electrons. The Hall–Kier alpha value is -1.76. The standard InChI is InChI=1S/C13H11O/c1-11-7-5-6-10-13(11)14-12-8-3-2-4-9-12/h3-10H,1H3. The molecule has 2 rings (SSSR count). The zero-order valence-corrected chi connectivity index (χ0v) is 8.03. The number of para-hydroxylation sites is 1. The number of aryl methyl sites for hydroxylation is 1. The second-order valence-electron chi connectivity index (χ2n) is 3.10. The Morgan fingerprint density at radius 3 is 2.43 bits per heavy atom. The van der Waals surface area contributed by atoms with Gasteiger partial charge in [0.05, 0.1) is 0 Å². The minimum absolute atomic E-state index is 0.845. The molecule has 2 aromatic carbocycles. The van der Waals surface area contributed by atoms with Crippen LogP contribution in [0, 0.1) is 13.0 Å². The molecule has 0 heterocycles. The molecule has 0 fully saturated rings. The van der Waals surface area contributed by atoms with Gasteiger partial charge in [0, 0.05) is 0 Å². The molecule has 0 unspecified atom stereocenters. The molecule has 0 saturated heterocycles. The lowest BCUT2D eigenvalue weighted by atomic mass is 10.2. The fraction of sp³-hybridized carbons (Fsp3) is 0.0769. The maximum atomic E-state index is 5.69. The van der Waals surface area contributed by atoms with Crippen molar-refractivity contribution in [3.8, 4) is 11.5 Å². The Balaban J connectivity index is 2.24. The molecular formula is C13H11O. The monoisotopic (exact) mass is 183 g/mol. The van der Waals surface area contributed by atoms with Gasteiger partial charge in [-0.3, -0.25) is 0 Å². The predicted molar refractivity (Wildman–Crippen MR) is 56.5 cm³/mol. The molecule has 1 heteroatoms. The zero-order valence-electron chi connectivity index (χ0n) is 8.03. The summed E-state index contributed by atoms with van der Waals surface area (Å²) in [6, 6.07) is 18.4. The molecule has 0 bridgehead atoms. The number of rotatable bonds is 2. The van der Waals surface area contributed by atoms with Crippen molar-refractivity contribution in [2.45, 2.75) is 6.92 Å². The van der Waals surface area contributed by atoms with E-state index in [1.807, 2.05) is 55.5 Å². The van der Waals surface area contributed by atoms with Gasteiger partial charge in [-0.2, -0.15) is 0 Å². The van der Waals surface area contributed by atoms with Crippen LogP contribution in [-0.4, -0.2) is 0 Å². The van der Waals surface area contributed by atoms with E-state index in [1.54, 1.807) is 0 Å². The van der Waals surface area contributed by atoms with Crippen molar-refractivity contribution in [3.05, 3.63) is 60.2 Å². The topological polar surface area (TPSA) is 9.23 Å². The first-order valence-electron chi connectivity index (χ1n) is 4.56. The van der Waals surface area contributed by atoms with Crippen LogP contribution in [0.4, 0.5) is 0 Å². The van der Waals surface area contributed by atoms with Crippen molar-refractivity contribution >= 4 is 0 Å². The second-order valence-corrected chi connectivity index (χ2v) is 3.10. The van der Waals surface area contributed by atoms with Crippen LogP contribution in [0.3, 0.4) is 0 Å². The molecule has 2 aromatic rings. The van der Waals surface area contributed by atoms with Crippen molar-refractivity contribution in [2.24, 2.45) is 0 Å². The second kappa shape index (κ2) is 3.97. The van der Waals surface area contributed by atoms with Gasteiger partial charge in [0.15, 0.2) is 0 Å². The zero-order chi connectivity index (χ0) is 9.80. The Kier molecular flexibility index (Phi) is 2.50. The number of benzene rings is 2. The Morgan fingerprint density at radius 1 is 1.00 bits per heavy atom. The number of ether oxygens (including phenoxy) is 1. The minimum atomic E-state index is 0.845. The van der Waals surface area contributed by atoms with Crippen molar-refractivity contribution in [1.82, 2.24) is 0 Å². The lowest BCUT2D eigenvalue weighted by Crippen LogP contribution is -1.85. The first-order valence-corrected chi connectivity index (χ1v) is 4.56. The van der Waals surface area contributed by atoms with E-state index >= 15 is 0 Å². The summed E-state index contributed by atoms with van der Waals surface area (Å²) in [5, 5.41) is 0. The average molecular weight is 183 g/mol. The maximum absolute atomic E-state index is 5.69. The van der Waals surface area contributed by atoms with Crippen LogP contribution in [0.25, 0.3) is 0 Å². The van der Waals surface area contributed by atoms with E-state index in [4.69, 9.17) is 4.74 Å². The molecule has 0 spiro atoms. The quantitative estimate of drug-likeness (QED) is 0.691. The van der Waals surface area contributed by atoms with E-state index in [9.17, 15) is 0 Å². The number of hydrogen-bond acceptors (Lipinski definition) is 1. The molecule has 1 radical (unpaired) electrons. The van der Waals surface area contributed by atoms with Crippen molar-refractivity contribution in [2.75, 3.05) is 0 Å². The van der Waals surface area contributed by atoms with Crippen molar-refractivity contribution in [1.29, 1.82) is 0 Å². The van der Waals surface area contributed by atoms with Gasteiger partial charge in [-0.1, -0.05) is 30.3 Å². The van der Waals surface area contributed by atoms with E-state index in [-0.39, 0.29) is 0 Å². The van der Waals surface area contributed by atoms with Gasteiger partial charge in [-0.05, 0) is 36.8 Å². The fourth-order valence-electron chi connectivity index (χ4n) is 1.24. The third kappa shape index (κ3) is 1.94. The summed E-state index contributed by atoms with van der Waals surface area (Å²) in [5.74, 6) is 1.75. The average Bonchev–Trinajstić information content (AvgIpc) is 2.23. The van der Waals surface area contributed by atoms with Crippen LogP contribution in [0.1, 0.15) is 5.56 Å². The van der Waals surface area contributed by atoms with E-state index in [0.29, 0.717) is 0 Å². The lowest BCUT2D eigenvalue weighted by molar-refractivity contribution is 0.479. The van der Waals surface area contributed by atoms with E-state index in [2.05, 4.69) is 6.07 Å². The molecule has 0 N–H and O–H groups in total. The third-order valence-electron chi connectivity index (χ3n) is 2.01. The molecule has 0 saturated carbocycles. The summed E-state index contributed by atoms with van der Waals surface area (Å²) in [6.45, 7) is 2.03. The van der Waals surface area contributed by atoms with Gasteiger partial charge < -0.3 is 4.74 Å². The first kappa shape index (κ1) is 8.82. The number of hydrogen-bond donors (Lipinski definition) is 0. The molecule has 0 aliphatic carbocycles. The molecular weight excluding hydrogens is 172 g/mol. The molecule has 0 aromatic heterocycles. The Labute approximate surface area is 84.0 Å². The van der Waals surface area contributed by atoms with E-state index in [1.165, 1.54) is 0 Å². The van der Waals surface area contributed by atoms with Crippen LogP contribution < -0.4 is 4.74 Å². The molecule has 0 amide bonds. The summed E-state index contributed by atoms with van der Waals surface area (Å²) in [7, 11) is 0. The lowest BCUT2D eigenvalue weighted by Gasteiger charge is -2.07. The SMILES string of the molecule is Cc1ccccc1Oc1cc[c]cc1. The summed E-state index contributed by atoms with van der Waals surface area (Å²) in [4.78, 5) is 0. The highest BCUT2D eigenvalue weighted by Crippen LogP contribution is 2.23. The smallest absolute Gasteiger partial charge is 0.130 e. The highest BCUT2D eigenvalue weighted by molar-refractivity contribution is 5.36. The van der Waals surface area contributed by atoms with Crippen molar-refractivity contribution < 1.29 is 4.74 Å². The maximum Gasteiger partial charge on any atom is 0.130 e. The molecule has 0 atom stereocenters. The van der Waals surface area contributed by atoms with Crippen LogP contribution in [-0.2, 0) is 0 Å². The van der Waals surface area contributed by atoms with Gasteiger partial charge in [-0.25, -0.2) is 0 Å². The highest BCUT2D eigenvalue weighted by atomic mass is 16.5. The molecule has 14 heavy (non-hydrogen) atoms. The van der Waals surface area contributed by atoms with Crippen LogP contribution in [0.2, 0.25) is 0 Å². The highest BCUT2D eigenvalue weighted by Gasteiger charge is 1.98. The normalized spacial score (nSPS) is 9.79. The molecule has 1 nitrogen and oxygen atoms in total. The van der Waals surface area contributed by atoms with Gasteiger partial charge in [0.25, 0.3) is 0 Å².